The number of anilines is 3. The fourth-order valence-corrected chi connectivity index (χ4v) is 8.61. The van der Waals surface area contributed by atoms with Gasteiger partial charge in [0.15, 0.2) is 0 Å². The standard InChI is InChI=1S/C51H38N2/c1-51(2)46-20-10-6-17-42(46)45-34-40(32-33-47(45)51)52(48-21-11-7-16-41(48)37-14-4-3-5-15-37)38-28-24-35(25-29-38)36-26-30-39(31-27-36)53-49-22-12-8-18-43(49)44-19-9-13-23-50(44)53/h3-34H,1-2H3. The highest BCUT2D eigenvalue weighted by Gasteiger charge is 2.35. The molecule has 0 unspecified atom stereocenters. The molecule has 1 heterocycles. The molecule has 1 aliphatic carbocycles. The van der Waals surface area contributed by atoms with Gasteiger partial charge in [0.05, 0.1) is 16.7 Å². The number of rotatable bonds is 6. The van der Waals surface area contributed by atoms with Crippen molar-refractivity contribution in [3.05, 3.63) is 205 Å². The van der Waals surface area contributed by atoms with E-state index < -0.39 is 0 Å². The monoisotopic (exact) mass is 678 g/mol. The van der Waals surface area contributed by atoms with Crippen LogP contribution in [-0.4, -0.2) is 4.57 Å². The molecule has 53 heavy (non-hydrogen) atoms. The maximum Gasteiger partial charge on any atom is 0.0541 e. The molecule has 1 aromatic heterocycles. The number of fused-ring (bicyclic) bond motifs is 6. The van der Waals surface area contributed by atoms with Crippen LogP contribution in [0, 0.1) is 0 Å². The van der Waals surface area contributed by atoms with Gasteiger partial charge in [-0.15, -0.1) is 0 Å². The van der Waals surface area contributed by atoms with Crippen LogP contribution in [0.5, 0.6) is 0 Å². The third kappa shape index (κ3) is 5.02. The number of para-hydroxylation sites is 3. The molecule has 2 heteroatoms. The van der Waals surface area contributed by atoms with Crippen LogP contribution in [0.1, 0.15) is 25.0 Å². The summed E-state index contributed by atoms with van der Waals surface area (Å²) in [7, 11) is 0. The summed E-state index contributed by atoms with van der Waals surface area (Å²) in [6, 6.07) is 70.8. The van der Waals surface area contributed by atoms with Crippen molar-refractivity contribution >= 4 is 38.9 Å². The highest BCUT2D eigenvalue weighted by molar-refractivity contribution is 6.09. The minimum atomic E-state index is -0.0457. The van der Waals surface area contributed by atoms with E-state index in [2.05, 4.69) is 217 Å². The van der Waals surface area contributed by atoms with Crippen LogP contribution in [0.2, 0.25) is 0 Å². The van der Waals surface area contributed by atoms with E-state index in [1.54, 1.807) is 0 Å². The Kier molecular flexibility index (Phi) is 7.19. The lowest BCUT2D eigenvalue weighted by Gasteiger charge is -2.29. The molecule has 0 fully saturated rings. The fourth-order valence-electron chi connectivity index (χ4n) is 8.61. The summed E-state index contributed by atoms with van der Waals surface area (Å²) < 4.78 is 2.37. The van der Waals surface area contributed by atoms with Gasteiger partial charge in [0.25, 0.3) is 0 Å². The molecule has 1 aliphatic rings. The Morgan fingerprint density at radius 3 is 1.62 bits per heavy atom. The van der Waals surface area contributed by atoms with Gasteiger partial charge >= 0.3 is 0 Å². The lowest BCUT2D eigenvalue weighted by Crippen LogP contribution is -2.15. The maximum atomic E-state index is 2.42. The topological polar surface area (TPSA) is 8.17 Å². The Bertz CT molecular complexity index is 2730. The number of hydrogen-bond donors (Lipinski definition) is 0. The Morgan fingerprint density at radius 1 is 0.396 bits per heavy atom. The molecule has 252 valence electrons. The summed E-state index contributed by atoms with van der Waals surface area (Å²) in [5.74, 6) is 0. The molecule has 0 bridgehead atoms. The zero-order chi connectivity index (χ0) is 35.5. The van der Waals surface area contributed by atoms with E-state index in [1.807, 2.05) is 0 Å². The molecule has 0 atom stereocenters. The number of aromatic nitrogens is 1. The van der Waals surface area contributed by atoms with E-state index in [9.17, 15) is 0 Å². The van der Waals surface area contributed by atoms with Gasteiger partial charge in [-0.05, 0) is 93.5 Å². The minimum Gasteiger partial charge on any atom is -0.310 e. The average molecular weight is 679 g/mol. The first kappa shape index (κ1) is 31.1. The first-order chi connectivity index (χ1) is 26.1. The van der Waals surface area contributed by atoms with E-state index in [1.165, 1.54) is 66.3 Å². The molecule has 0 aliphatic heterocycles. The maximum absolute atomic E-state index is 2.42. The first-order valence-electron chi connectivity index (χ1n) is 18.4. The van der Waals surface area contributed by atoms with Gasteiger partial charge in [0.1, 0.15) is 0 Å². The quantitative estimate of drug-likeness (QED) is 0.170. The van der Waals surface area contributed by atoms with Crippen molar-refractivity contribution in [1.29, 1.82) is 0 Å². The van der Waals surface area contributed by atoms with E-state index in [4.69, 9.17) is 0 Å². The first-order valence-corrected chi connectivity index (χ1v) is 18.4. The van der Waals surface area contributed by atoms with Crippen molar-refractivity contribution in [1.82, 2.24) is 4.57 Å². The number of benzene rings is 8. The smallest absolute Gasteiger partial charge is 0.0541 e. The van der Waals surface area contributed by atoms with Crippen molar-refractivity contribution in [3.8, 4) is 39.1 Å². The predicted molar refractivity (Wildman–Crippen MR) is 224 cm³/mol. The van der Waals surface area contributed by atoms with E-state index >= 15 is 0 Å². The average Bonchev–Trinajstić information content (AvgIpc) is 3.67. The molecular formula is C51H38N2. The summed E-state index contributed by atoms with van der Waals surface area (Å²) in [6.45, 7) is 4.68. The van der Waals surface area contributed by atoms with Gasteiger partial charge < -0.3 is 9.47 Å². The van der Waals surface area contributed by atoms with Crippen LogP contribution in [0.25, 0.3) is 60.9 Å². The highest BCUT2D eigenvalue weighted by atomic mass is 15.1. The zero-order valence-electron chi connectivity index (χ0n) is 29.9. The van der Waals surface area contributed by atoms with Gasteiger partial charge in [0.2, 0.25) is 0 Å². The molecule has 0 saturated carbocycles. The van der Waals surface area contributed by atoms with Gasteiger partial charge in [-0.2, -0.15) is 0 Å². The zero-order valence-corrected chi connectivity index (χ0v) is 29.9. The molecule has 2 nitrogen and oxygen atoms in total. The van der Waals surface area contributed by atoms with Crippen LogP contribution < -0.4 is 4.90 Å². The van der Waals surface area contributed by atoms with Crippen molar-refractivity contribution in [2.45, 2.75) is 19.3 Å². The Hall–Kier alpha value is -6.64. The van der Waals surface area contributed by atoms with Crippen LogP contribution >= 0.6 is 0 Å². The molecule has 0 spiro atoms. The van der Waals surface area contributed by atoms with Crippen LogP contribution in [-0.2, 0) is 5.41 Å². The van der Waals surface area contributed by atoms with Crippen LogP contribution in [0.15, 0.2) is 194 Å². The van der Waals surface area contributed by atoms with Gasteiger partial charge in [-0.1, -0.05) is 153 Å². The van der Waals surface area contributed by atoms with Crippen molar-refractivity contribution in [2.24, 2.45) is 0 Å². The summed E-state index contributed by atoms with van der Waals surface area (Å²) in [6.07, 6.45) is 0. The molecule has 8 aromatic carbocycles. The Morgan fingerprint density at radius 2 is 0.925 bits per heavy atom. The van der Waals surface area contributed by atoms with Crippen molar-refractivity contribution in [2.75, 3.05) is 4.90 Å². The number of hydrogen-bond acceptors (Lipinski definition) is 1. The molecule has 10 rings (SSSR count). The minimum absolute atomic E-state index is 0.0457. The van der Waals surface area contributed by atoms with Crippen molar-refractivity contribution < 1.29 is 0 Å². The number of nitrogens with zero attached hydrogens (tertiary/aromatic N) is 2. The molecule has 0 saturated heterocycles. The second kappa shape index (κ2) is 12.3. The van der Waals surface area contributed by atoms with Crippen LogP contribution in [0.4, 0.5) is 17.1 Å². The van der Waals surface area contributed by atoms with E-state index in [-0.39, 0.29) is 5.41 Å². The van der Waals surface area contributed by atoms with Crippen molar-refractivity contribution in [3.63, 3.8) is 0 Å². The SMILES string of the molecule is CC1(C)c2ccccc2-c2cc(N(c3ccc(-c4ccc(-n5c6ccccc6c6ccccc65)cc4)cc3)c3ccccc3-c3ccccc3)ccc21. The fraction of sp³-hybridized carbons (Fsp3) is 0.0588. The lowest BCUT2D eigenvalue weighted by atomic mass is 9.82. The van der Waals surface area contributed by atoms with Gasteiger partial charge in [-0.25, -0.2) is 0 Å². The van der Waals surface area contributed by atoms with Crippen LogP contribution in [0.3, 0.4) is 0 Å². The second-order valence-corrected chi connectivity index (χ2v) is 14.6. The summed E-state index contributed by atoms with van der Waals surface area (Å²) in [5.41, 5.74) is 17.1. The summed E-state index contributed by atoms with van der Waals surface area (Å²) in [4.78, 5) is 2.42. The molecule has 0 N–H and O–H groups in total. The van der Waals surface area contributed by atoms with Gasteiger partial charge in [-0.3, -0.25) is 0 Å². The molecule has 9 aromatic rings. The summed E-state index contributed by atoms with van der Waals surface area (Å²) in [5, 5.41) is 2.55. The normalized spacial score (nSPS) is 12.9. The Balaban J connectivity index is 1.07. The van der Waals surface area contributed by atoms with Gasteiger partial charge in [0, 0.05) is 38.8 Å². The molecular weight excluding hydrogens is 641 g/mol. The lowest BCUT2D eigenvalue weighted by molar-refractivity contribution is 0.660. The Labute approximate surface area is 310 Å². The van der Waals surface area contributed by atoms with E-state index in [0.717, 1.165) is 22.7 Å². The third-order valence-corrected chi connectivity index (χ3v) is 11.2. The highest BCUT2D eigenvalue weighted by Crippen LogP contribution is 2.51. The largest absolute Gasteiger partial charge is 0.310 e. The molecule has 0 radical (unpaired) electrons. The second-order valence-electron chi connectivity index (χ2n) is 14.6. The van der Waals surface area contributed by atoms with E-state index in [0.29, 0.717) is 0 Å². The molecule has 0 amide bonds. The third-order valence-electron chi connectivity index (χ3n) is 11.2. The predicted octanol–water partition coefficient (Wildman–Crippen LogP) is 13.9. The summed E-state index contributed by atoms with van der Waals surface area (Å²) >= 11 is 0.